The molecule has 0 bridgehead atoms. The maximum absolute atomic E-state index is 12.3. The van der Waals surface area contributed by atoms with Gasteiger partial charge in [-0.2, -0.15) is 0 Å². The zero-order chi connectivity index (χ0) is 14.3. The van der Waals surface area contributed by atoms with Gasteiger partial charge in [0.05, 0.1) is 19.3 Å². The number of hydrogen-bond acceptors (Lipinski definition) is 3. The molecule has 1 aliphatic heterocycles. The number of hydrogen-bond donors (Lipinski definition) is 1. The first-order valence-electron chi connectivity index (χ1n) is 8.18. The van der Waals surface area contributed by atoms with E-state index in [1.165, 1.54) is 25.7 Å². The van der Waals surface area contributed by atoms with Crippen LogP contribution in [0.4, 0.5) is 0 Å². The Morgan fingerprint density at radius 2 is 2.00 bits per heavy atom. The molecule has 1 saturated carbocycles. The molecule has 2 aliphatic rings. The topological polar surface area (TPSA) is 47.6 Å². The number of carbonyl (C=O) groups excluding carboxylic acids is 1. The van der Waals surface area contributed by atoms with Crippen molar-refractivity contribution in [2.75, 3.05) is 26.4 Å². The van der Waals surface area contributed by atoms with Gasteiger partial charge in [-0.3, -0.25) is 4.79 Å². The van der Waals surface area contributed by atoms with Gasteiger partial charge in [-0.15, -0.1) is 0 Å². The van der Waals surface area contributed by atoms with Gasteiger partial charge in [0, 0.05) is 18.6 Å². The summed E-state index contributed by atoms with van der Waals surface area (Å²) in [5, 5.41) is 3.04. The highest BCUT2D eigenvalue weighted by molar-refractivity contribution is 5.82. The third-order valence-corrected chi connectivity index (χ3v) is 4.61. The van der Waals surface area contributed by atoms with Gasteiger partial charge in [-0.05, 0) is 25.7 Å². The SMILES string of the molecule is CC1(C(=O)NCCOCC2CCCO2)CCCCCC1. The minimum Gasteiger partial charge on any atom is -0.377 e. The molecule has 0 spiro atoms. The predicted octanol–water partition coefficient (Wildman–Crippen LogP) is 2.66. The molecule has 20 heavy (non-hydrogen) atoms. The second-order valence-corrected chi connectivity index (χ2v) is 6.44. The molecule has 4 heteroatoms. The molecular formula is C16H29NO3. The lowest BCUT2D eigenvalue weighted by Gasteiger charge is -2.26. The molecule has 1 unspecified atom stereocenters. The molecule has 1 saturated heterocycles. The molecule has 1 heterocycles. The van der Waals surface area contributed by atoms with E-state index in [-0.39, 0.29) is 17.4 Å². The van der Waals surface area contributed by atoms with E-state index in [9.17, 15) is 4.79 Å². The van der Waals surface area contributed by atoms with Crippen LogP contribution < -0.4 is 5.32 Å². The second-order valence-electron chi connectivity index (χ2n) is 6.44. The molecule has 2 rings (SSSR count). The Morgan fingerprint density at radius 3 is 2.65 bits per heavy atom. The quantitative estimate of drug-likeness (QED) is 0.602. The van der Waals surface area contributed by atoms with Crippen LogP contribution in [-0.4, -0.2) is 38.4 Å². The smallest absolute Gasteiger partial charge is 0.226 e. The first-order chi connectivity index (χ1) is 9.71. The molecule has 0 radical (unpaired) electrons. The molecule has 0 aromatic rings. The van der Waals surface area contributed by atoms with E-state index in [1.54, 1.807) is 0 Å². The van der Waals surface area contributed by atoms with Gasteiger partial charge in [-0.1, -0.05) is 32.6 Å². The Kier molecular flexibility index (Phi) is 6.30. The summed E-state index contributed by atoms with van der Waals surface area (Å²) in [4.78, 5) is 12.3. The standard InChI is InChI=1S/C16H29NO3/c1-16(8-4-2-3-5-9-16)15(18)17-10-12-19-13-14-7-6-11-20-14/h14H,2-13H2,1H3,(H,17,18). The molecule has 0 aromatic heterocycles. The van der Waals surface area contributed by atoms with Crippen molar-refractivity contribution in [1.29, 1.82) is 0 Å². The molecule has 1 amide bonds. The summed E-state index contributed by atoms with van der Waals surface area (Å²) >= 11 is 0. The van der Waals surface area contributed by atoms with Gasteiger partial charge < -0.3 is 14.8 Å². The van der Waals surface area contributed by atoms with E-state index in [1.807, 2.05) is 0 Å². The number of nitrogens with one attached hydrogen (secondary N) is 1. The highest BCUT2D eigenvalue weighted by Gasteiger charge is 2.33. The van der Waals surface area contributed by atoms with Crippen molar-refractivity contribution < 1.29 is 14.3 Å². The van der Waals surface area contributed by atoms with E-state index >= 15 is 0 Å². The van der Waals surface area contributed by atoms with E-state index < -0.39 is 0 Å². The van der Waals surface area contributed by atoms with Crippen LogP contribution in [0.15, 0.2) is 0 Å². The number of ether oxygens (including phenoxy) is 2. The first kappa shape index (κ1) is 15.8. The maximum atomic E-state index is 12.3. The van der Waals surface area contributed by atoms with Gasteiger partial charge in [-0.25, -0.2) is 0 Å². The van der Waals surface area contributed by atoms with Crippen LogP contribution in [0.2, 0.25) is 0 Å². The van der Waals surface area contributed by atoms with Gasteiger partial charge in [0.2, 0.25) is 5.91 Å². The van der Waals surface area contributed by atoms with Gasteiger partial charge in [0.1, 0.15) is 0 Å². The summed E-state index contributed by atoms with van der Waals surface area (Å²) in [7, 11) is 0. The summed E-state index contributed by atoms with van der Waals surface area (Å²) in [6.45, 7) is 4.83. The van der Waals surface area contributed by atoms with E-state index in [0.29, 0.717) is 19.8 Å². The minimum atomic E-state index is -0.162. The molecule has 1 atom stereocenters. The summed E-state index contributed by atoms with van der Waals surface area (Å²) < 4.78 is 11.1. The fraction of sp³-hybridized carbons (Fsp3) is 0.938. The molecule has 0 aromatic carbocycles. The molecule has 1 aliphatic carbocycles. The number of carbonyl (C=O) groups is 1. The monoisotopic (exact) mass is 283 g/mol. The van der Waals surface area contributed by atoms with Crippen molar-refractivity contribution in [1.82, 2.24) is 5.32 Å². The second kappa shape index (κ2) is 7.99. The Labute approximate surface area is 122 Å². The van der Waals surface area contributed by atoms with Crippen molar-refractivity contribution >= 4 is 5.91 Å². The fourth-order valence-electron chi connectivity index (χ4n) is 3.18. The molecule has 1 N–H and O–H groups in total. The zero-order valence-electron chi connectivity index (χ0n) is 12.8. The van der Waals surface area contributed by atoms with Crippen LogP contribution in [0.1, 0.15) is 58.3 Å². The maximum Gasteiger partial charge on any atom is 0.226 e. The lowest BCUT2D eigenvalue weighted by atomic mass is 9.81. The van der Waals surface area contributed by atoms with Crippen molar-refractivity contribution in [2.45, 2.75) is 64.4 Å². The number of rotatable bonds is 6. The molecule has 116 valence electrons. The third-order valence-electron chi connectivity index (χ3n) is 4.61. The predicted molar refractivity (Wildman–Crippen MR) is 78.6 cm³/mol. The van der Waals surface area contributed by atoms with Gasteiger partial charge in [0.25, 0.3) is 0 Å². The molecular weight excluding hydrogens is 254 g/mol. The Hall–Kier alpha value is -0.610. The van der Waals surface area contributed by atoms with Crippen LogP contribution in [-0.2, 0) is 14.3 Å². The third kappa shape index (κ3) is 4.74. The van der Waals surface area contributed by atoms with E-state index in [0.717, 1.165) is 32.3 Å². The Morgan fingerprint density at radius 1 is 1.25 bits per heavy atom. The summed E-state index contributed by atoms with van der Waals surface area (Å²) in [5.41, 5.74) is -0.162. The van der Waals surface area contributed by atoms with Crippen molar-refractivity contribution in [3.63, 3.8) is 0 Å². The highest BCUT2D eigenvalue weighted by atomic mass is 16.5. The first-order valence-corrected chi connectivity index (χ1v) is 8.18. The highest BCUT2D eigenvalue weighted by Crippen LogP contribution is 2.34. The van der Waals surface area contributed by atoms with Gasteiger partial charge in [0.15, 0.2) is 0 Å². The summed E-state index contributed by atoms with van der Waals surface area (Å²) in [5.74, 6) is 0.208. The van der Waals surface area contributed by atoms with E-state index in [4.69, 9.17) is 9.47 Å². The molecule has 2 fully saturated rings. The average Bonchev–Trinajstić information content (AvgIpc) is 2.85. The van der Waals surface area contributed by atoms with Gasteiger partial charge >= 0.3 is 0 Å². The van der Waals surface area contributed by atoms with E-state index in [2.05, 4.69) is 12.2 Å². The minimum absolute atomic E-state index is 0.162. The zero-order valence-corrected chi connectivity index (χ0v) is 12.8. The van der Waals surface area contributed by atoms with Crippen LogP contribution in [0, 0.1) is 5.41 Å². The Bertz CT molecular complexity index is 292. The van der Waals surface area contributed by atoms with Crippen LogP contribution >= 0.6 is 0 Å². The van der Waals surface area contributed by atoms with Crippen molar-refractivity contribution in [2.24, 2.45) is 5.41 Å². The summed E-state index contributed by atoms with van der Waals surface area (Å²) in [6, 6.07) is 0. The van der Waals surface area contributed by atoms with Crippen LogP contribution in [0.5, 0.6) is 0 Å². The van der Waals surface area contributed by atoms with Crippen molar-refractivity contribution in [3.05, 3.63) is 0 Å². The van der Waals surface area contributed by atoms with Crippen molar-refractivity contribution in [3.8, 4) is 0 Å². The normalized spacial score (nSPS) is 26.1. The summed E-state index contributed by atoms with van der Waals surface area (Å²) in [6.07, 6.45) is 9.46. The molecule has 4 nitrogen and oxygen atoms in total. The van der Waals surface area contributed by atoms with Crippen LogP contribution in [0.3, 0.4) is 0 Å². The lowest BCUT2D eigenvalue weighted by molar-refractivity contribution is -0.131. The Balaban J connectivity index is 1.58. The lowest BCUT2D eigenvalue weighted by Crippen LogP contribution is -2.40. The van der Waals surface area contributed by atoms with Crippen LogP contribution in [0.25, 0.3) is 0 Å². The average molecular weight is 283 g/mol. The largest absolute Gasteiger partial charge is 0.377 e. The fourth-order valence-corrected chi connectivity index (χ4v) is 3.18. The number of amides is 1.